The minimum Gasteiger partial charge on any atom is -0.348 e. The number of hydrogen-bond acceptors (Lipinski definition) is 5. The number of aryl methyl sites for hydroxylation is 2. The number of nitrogens with zero attached hydrogens (tertiary/aromatic N) is 3. The number of carbonyl (C=O) groups excluding carboxylic acids is 1. The number of benzene rings is 1. The number of aromatic nitrogens is 3. The van der Waals surface area contributed by atoms with Crippen LogP contribution in [0.2, 0.25) is 0 Å². The van der Waals surface area contributed by atoms with Gasteiger partial charge in [-0.25, -0.2) is 13.1 Å². The van der Waals surface area contributed by atoms with Gasteiger partial charge in [0, 0.05) is 6.20 Å². The topological polar surface area (TPSA) is 105 Å². The highest BCUT2D eigenvalue weighted by atomic mass is 32.2. The summed E-state index contributed by atoms with van der Waals surface area (Å²) in [6.07, 6.45) is 5.90. The van der Waals surface area contributed by atoms with E-state index in [1.165, 1.54) is 5.56 Å². The van der Waals surface area contributed by atoms with Crippen molar-refractivity contribution < 1.29 is 13.2 Å². The van der Waals surface area contributed by atoms with Crippen molar-refractivity contribution in [2.24, 2.45) is 0 Å². The number of pyridine rings is 1. The molecule has 3 aromatic rings. The molecule has 0 atom stereocenters. The highest BCUT2D eigenvalue weighted by Gasteiger charge is 2.18. The normalized spacial score (nSPS) is 14.0. The molecule has 0 saturated heterocycles. The number of carbonyl (C=O) groups is 1. The summed E-state index contributed by atoms with van der Waals surface area (Å²) < 4.78 is 29.2. The van der Waals surface area contributed by atoms with E-state index in [1.54, 1.807) is 22.7 Å². The van der Waals surface area contributed by atoms with Gasteiger partial charge in [-0.3, -0.25) is 9.20 Å². The van der Waals surface area contributed by atoms with Crippen LogP contribution in [0.15, 0.2) is 47.5 Å². The first-order chi connectivity index (χ1) is 13.5. The molecule has 8 nitrogen and oxygen atoms in total. The molecule has 2 heterocycles. The Labute approximate surface area is 163 Å². The van der Waals surface area contributed by atoms with Crippen molar-refractivity contribution in [1.29, 1.82) is 0 Å². The van der Waals surface area contributed by atoms with E-state index in [1.807, 2.05) is 24.3 Å². The zero-order valence-electron chi connectivity index (χ0n) is 15.3. The highest BCUT2D eigenvalue weighted by molar-refractivity contribution is 7.89. The standard InChI is InChI=1S/C19H21N5O3S/c25-19(20-12-18-23-22-17-7-3-4-10-24(17)18)13-21-28(26,27)16-9-8-14-5-1-2-6-15(14)11-16/h3-4,7-11,21H,1-2,5-6,12-13H2,(H,20,25). The molecule has 0 radical (unpaired) electrons. The third-order valence-corrected chi connectivity index (χ3v) is 6.28. The molecule has 9 heteroatoms. The van der Waals surface area contributed by atoms with Crippen LogP contribution in [0.5, 0.6) is 0 Å². The zero-order chi connectivity index (χ0) is 19.6. The summed E-state index contributed by atoms with van der Waals surface area (Å²) in [4.78, 5) is 12.3. The smallest absolute Gasteiger partial charge is 0.241 e. The van der Waals surface area contributed by atoms with Gasteiger partial charge in [-0.2, -0.15) is 0 Å². The number of sulfonamides is 1. The molecular weight excluding hydrogens is 378 g/mol. The number of nitrogens with one attached hydrogen (secondary N) is 2. The van der Waals surface area contributed by atoms with Crippen molar-refractivity contribution in [3.8, 4) is 0 Å². The molecule has 1 aromatic carbocycles. The van der Waals surface area contributed by atoms with Crippen LogP contribution < -0.4 is 10.0 Å². The van der Waals surface area contributed by atoms with Crippen LogP contribution in [0.3, 0.4) is 0 Å². The summed E-state index contributed by atoms with van der Waals surface area (Å²) in [5.74, 6) is 0.135. The van der Waals surface area contributed by atoms with E-state index < -0.39 is 15.9 Å². The first-order valence-corrected chi connectivity index (χ1v) is 10.7. The molecule has 1 amide bonds. The van der Waals surface area contributed by atoms with Gasteiger partial charge in [0.15, 0.2) is 11.5 Å². The van der Waals surface area contributed by atoms with Crippen LogP contribution in [0.4, 0.5) is 0 Å². The molecule has 146 valence electrons. The average molecular weight is 399 g/mol. The van der Waals surface area contributed by atoms with E-state index in [4.69, 9.17) is 0 Å². The number of rotatable bonds is 6. The minimum absolute atomic E-state index is 0.157. The predicted octanol–water partition coefficient (Wildman–Crippen LogP) is 1.20. The second kappa shape index (κ2) is 7.69. The number of fused-ring (bicyclic) bond motifs is 2. The van der Waals surface area contributed by atoms with Crippen molar-refractivity contribution >= 4 is 21.6 Å². The quantitative estimate of drug-likeness (QED) is 0.648. The zero-order valence-corrected chi connectivity index (χ0v) is 16.1. The Kier molecular flexibility index (Phi) is 5.10. The second-order valence-corrected chi connectivity index (χ2v) is 8.55. The predicted molar refractivity (Wildman–Crippen MR) is 103 cm³/mol. The third kappa shape index (κ3) is 3.90. The average Bonchev–Trinajstić information content (AvgIpc) is 3.13. The van der Waals surface area contributed by atoms with Gasteiger partial charge < -0.3 is 5.32 Å². The monoisotopic (exact) mass is 399 g/mol. The van der Waals surface area contributed by atoms with Crippen LogP contribution in [-0.2, 0) is 34.2 Å². The largest absolute Gasteiger partial charge is 0.348 e. The van der Waals surface area contributed by atoms with E-state index in [9.17, 15) is 13.2 Å². The van der Waals surface area contributed by atoms with Crippen LogP contribution in [0.1, 0.15) is 29.8 Å². The summed E-state index contributed by atoms with van der Waals surface area (Å²) in [6, 6.07) is 10.7. The maximum Gasteiger partial charge on any atom is 0.241 e. The molecule has 1 aliphatic rings. The second-order valence-electron chi connectivity index (χ2n) is 6.78. The van der Waals surface area contributed by atoms with Gasteiger partial charge in [0.05, 0.1) is 18.0 Å². The van der Waals surface area contributed by atoms with Gasteiger partial charge in [0.1, 0.15) is 0 Å². The fourth-order valence-electron chi connectivity index (χ4n) is 3.37. The molecule has 2 N–H and O–H groups in total. The van der Waals surface area contributed by atoms with Crippen LogP contribution in [0.25, 0.3) is 5.65 Å². The highest BCUT2D eigenvalue weighted by Crippen LogP contribution is 2.23. The van der Waals surface area contributed by atoms with E-state index in [0.29, 0.717) is 11.5 Å². The Morgan fingerprint density at radius 1 is 1.07 bits per heavy atom. The van der Waals surface area contributed by atoms with Gasteiger partial charge in [-0.1, -0.05) is 12.1 Å². The summed E-state index contributed by atoms with van der Waals surface area (Å²) in [6.45, 7) is -0.180. The lowest BCUT2D eigenvalue weighted by Gasteiger charge is -2.16. The molecule has 0 fully saturated rings. The maximum absolute atomic E-state index is 12.5. The molecule has 1 aliphatic carbocycles. The third-order valence-electron chi connectivity index (χ3n) is 4.88. The van der Waals surface area contributed by atoms with Crippen LogP contribution in [-0.4, -0.2) is 35.5 Å². The Bertz CT molecular complexity index is 1120. The molecule has 0 unspecified atom stereocenters. The lowest BCUT2D eigenvalue weighted by atomic mass is 9.92. The lowest BCUT2D eigenvalue weighted by molar-refractivity contribution is -0.120. The molecule has 0 spiro atoms. The van der Waals surface area contributed by atoms with Crippen LogP contribution >= 0.6 is 0 Å². The lowest BCUT2D eigenvalue weighted by Crippen LogP contribution is -2.37. The van der Waals surface area contributed by atoms with Crippen molar-refractivity contribution in [1.82, 2.24) is 24.6 Å². The van der Waals surface area contributed by atoms with Gasteiger partial charge in [0.2, 0.25) is 15.9 Å². The minimum atomic E-state index is -3.74. The Morgan fingerprint density at radius 2 is 1.89 bits per heavy atom. The van der Waals surface area contributed by atoms with Gasteiger partial charge in [0.25, 0.3) is 0 Å². The molecule has 28 heavy (non-hydrogen) atoms. The molecule has 2 aromatic heterocycles. The van der Waals surface area contributed by atoms with Crippen molar-refractivity contribution in [2.45, 2.75) is 37.1 Å². The van der Waals surface area contributed by atoms with E-state index in [0.717, 1.165) is 31.2 Å². The van der Waals surface area contributed by atoms with Crippen molar-refractivity contribution in [3.63, 3.8) is 0 Å². The van der Waals surface area contributed by atoms with E-state index in [2.05, 4.69) is 20.2 Å². The van der Waals surface area contributed by atoms with E-state index in [-0.39, 0.29) is 18.0 Å². The molecule has 0 bridgehead atoms. The van der Waals surface area contributed by atoms with Gasteiger partial charge in [-0.05, 0) is 61.1 Å². The van der Waals surface area contributed by atoms with Crippen LogP contribution in [0, 0.1) is 0 Å². The molecule has 0 saturated carbocycles. The van der Waals surface area contributed by atoms with Crippen molar-refractivity contribution in [3.05, 3.63) is 59.5 Å². The summed E-state index contributed by atoms with van der Waals surface area (Å²) in [5, 5.41) is 10.7. The summed E-state index contributed by atoms with van der Waals surface area (Å²) in [7, 11) is -3.74. The molecular formula is C19H21N5O3S. The fraction of sp³-hybridized carbons (Fsp3) is 0.316. The number of amides is 1. The maximum atomic E-state index is 12.5. The van der Waals surface area contributed by atoms with E-state index >= 15 is 0 Å². The fourth-order valence-corrected chi connectivity index (χ4v) is 4.40. The van der Waals surface area contributed by atoms with Gasteiger partial charge >= 0.3 is 0 Å². The molecule has 4 rings (SSSR count). The summed E-state index contributed by atoms with van der Waals surface area (Å²) in [5.41, 5.74) is 2.97. The SMILES string of the molecule is O=C(CNS(=O)(=O)c1ccc2c(c1)CCCC2)NCc1nnc2ccccn12. The van der Waals surface area contributed by atoms with Gasteiger partial charge in [-0.15, -0.1) is 10.2 Å². The Balaban J connectivity index is 1.36. The first kappa shape index (κ1) is 18.6. The molecule has 0 aliphatic heterocycles. The summed E-state index contributed by atoms with van der Waals surface area (Å²) >= 11 is 0. The Morgan fingerprint density at radius 3 is 2.75 bits per heavy atom. The van der Waals surface area contributed by atoms with Crippen molar-refractivity contribution in [2.75, 3.05) is 6.54 Å². The first-order valence-electron chi connectivity index (χ1n) is 9.20. The Hall–Kier alpha value is -2.78. The number of hydrogen-bond donors (Lipinski definition) is 2.